The van der Waals surface area contributed by atoms with Gasteiger partial charge >= 0.3 is 0 Å². The minimum Gasteiger partial charge on any atom is -0.469 e. The van der Waals surface area contributed by atoms with Gasteiger partial charge in [0, 0.05) is 25.9 Å². The van der Waals surface area contributed by atoms with E-state index in [1.807, 2.05) is 29.4 Å². The first kappa shape index (κ1) is 23.2. The second-order valence-electron chi connectivity index (χ2n) is 9.49. The number of aliphatic hydroxyl groups is 1. The molecule has 1 aromatic heterocycles. The molecule has 0 bridgehead atoms. The first-order valence-corrected chi connectivity index (χ1v) is 12.2. The number of nitrogens with zero attached hydrogens (tertiary/aromatic N) is 2. The highest BCUT2D eigenvalue weighted by molar-refractivity contribution is 7.82. The SMILES string of the molecule is Cc1ccccc1CN1CC2(CCOCC2)Oc2nc(NCC(C)(C)O)c(C)cc2S1=O. The predicted octanol–water partition coefficient (Wildman–Crippen LogP) is 3.35. The lowest BCUT2D eigenvalue weighted by Gasteiger charge is -2.38. The van der Waals surface area contributed by atoms with Crippen LogP contribution in [0.1, 0.15) is 43.4 Å². The summed E-state index contributed by atoms with van der Waals surface area (Å²) in [5, 5.41) is 13.3. The van der Waals surface area contributed by atoms with Crippen LogP contribution in [-0.2, 0) is 22.3 Å². The van der Waals surface area contributed by atoms with E-state index in [-0.39, 0.29) is 0 Å². The average Bonchev–Trinajstić information content (AvgIpc) is 2.83. The molecule has 2 N–H and O–H groups in total. The molecule has 2 aliphatic heterocycles. The topological polar surface area (TPSA) is 83.9 Å². The van der Waals surface area contributed by atoms with E-state index in [2.05, 4.69) is 24.4 Å². The normalized spacial score (nSPS) is 21.0. The number of anilines is 1. The van der Waals surface area contributed by atoms with Gasteiger partial charge in [0.15, 0.2) is 0 Å². The third-order valence-corrected chi connectivity index (χ3v) is 7.44. The van der Waals surface area contributed by atoms with E-state index in [9.17, 15) is 9.32 Å². The maximum absolute atomic E-state index is 13.8. The zero-order chi connectivity index (χ0) is 22.9. The second-order valence-corrected chi connectivity index (χ2v) is 10.9. The highest BCUT2D eigenvalue weighted by Crippen LogP contribution is 2.38. The number of aryl methyl sites for hydroxylation is 2. The van der Waals surface area contributed by atoms with Gasteiger partial charge in [0.2, 0.25) is 5.88 Å². The van der Waals surface area contributed by atoms with E-state index in [4.69, 9.17) is 14.5 Å². The molecule has 1 saturated heterocycles. The number of hydrogen-bond donors (Lipinski definition) is 2. The van der Waals surface area contributed by atoms with Gasteiger partial charge in [-0.05, 0) is 50.5 Å². The first-order valence-electron chi connectivity index (χ1n) is 11.1. The Morgan fingerprint density at radius 3 is 2.62 bits per heavy atom. The number of aromatic nitrogens is 1. The van der Waals surface area contributed by atoms with Crippen LogP contribution < -0.4 is 10.1 Å². The minimum atomic E-state index is -1.42. The molecule has 3 heterocycles. The summed E-state index contributed by atoms with van der Waals surface area (Å²) in [6.45, 7) is 10.2. The molecule has 0 aliphatic carbocycles. The van der Waals surface area contributed by atoms with Crippen LogP contribution in [-0.4, -0.2) is 56.1 Å². The van der Waals surface area contributed by atoms with Crippen molar-refractivity contribution in [1.29, 1.82) is 0 Å². The maximum atomic E-state index is 13.8. The van der Waals surface area contributed by atoms with Crippen molar-refractivity contribution in [1.82, 2.24) is 9.29 Å². The molecule has 0 saturated carbocycles. The summed E-state index contributed by atoms with van der Waals surface area (Å²) in [7, 11) is -1.42. The van der Waals surface area contributed by atoms with Gasteiger partial charge in [-0.1, -0.05) is 24.3 Å². The van der Waals surface area contributed by atoms with Crippen LogP contribution in [0.2, 0.25) is 0 Å². The summed E-state index contributed by atoms with van der Waals surface area (Å²) in [6, 6.07) is 10.1. The lowest BCUT2D eigenvalue weighted by atomic mass is 9.93. The molecule has 4 rings (SSSR count). The molecule has 174 valence electrons. The monoisotopic (exact) mass is 459 g/mol. The Labute approximate surface area is 192 Å². The van der Waals surface area contributed by atoms with Crippen LogP contribution in [0.4, 0.5) is 5.82 Å². The fourth-order valence-corrected chi connectivity index (χ4v) is 5.50. The van der Waals surface area contributed by atoms with Crippen molar-refractivity contribution in [2.24, 2.45) is 0 Å². The Kier molecular flexibility index (Phi) is 6.58. The zero-order valence-electron chi connectivity index (χ0n) is 19.3. The molecular weight excluding hydrogens is 426 g/mol. The van der Waals surface area contributed by atoms with Gasteiger partial charge in [-0.25, -0.2) is 8.51 Å². The Morgan fingerprint density at radius 2 is 1.94 bits per heavy atom. The molecule has 0 amide bonds. The van der Waals surface area contributed by atoms with E-state index in [0.29, 0.717) is 49.4 Å². The van der Waals surface area contributed by atoms with E-state index in [0.717, 1.165) is 24.0 Å². The van der Waals surface area contributed by atoms with Crippen molar-refractivity contribution in [3.63, 3.8) is 0 Å². The first-order chi connectivity index (χ1) is 15.2. The van der Waals surface area contributed by atoms with E-state index in [1.54, 1.807) is 13.8 Å². The second kappa shape index (κ2) is 9.09. The number of hydrogen-bond acceptors (Lipinski definition) is 6. The molecule has 8 heteroatoms. The van der Waals surface area contributed by atoms with Gasteiger partial charge in [-0.2, -0.15) is 4.98 Å². The molecule has 2 aliphatic rings. The molecule has 1 aromatic carbocycles. The van der Waals surface area contributed by atoms with E-state index in [1.165, 1.54) is 5.56 Å². The van der Waals surface area contributed by atoms with Crippen molar-refractivity contribution in [3.8, 4) is 5.88 Å². The number of benzene rings is 1. The number of ether oxygens (including phenoxy) is 2. The van der Waals surface area contributed by atoms with Gasteiger partial charge < -0.3 is 19.9 Å². The molecule has 1 atom stereocenters. The van der Waals surface area contributed by atoms with Crippen molar-refractivity contribution >= 4 is 16.8 Å². The Bertz CT molecular complexity index is 999. The molecule has 32 heavy (non-hydrogen) atoms. The largest absolute Gasteiger partial charge is 0.469 e. The third kappa shape index (κ3) is 5.14. The van der Waals surface area contributed by atoms with Crippen LogP contribution >= 0.6 is 0 Å². The number of nitrogens with one attached hydrogen (secondary N) is 1. The van der Waals surface area contributed by atoms with Crippen molar-refractivity contribution in [3.05, 3.63) is 47.0 Å². The zero-order valence-corrected chi connectivity index (χ0v) is 20.1. The van der Waals surface area contributed by atoms with Crippen molar-refractivity contribution in [2.45, 2.75) is 63.2 Å². The summed E-state index contributed by atoms with van der Waals surface area (Å²) >= 11 is 0. The van der Waals surface area contributed by atoms with E-state index >= 15 is 0 Å². The standard InChI is InChI=1S/C24H33N3O4S/c1-17-7-5-6-8-19(17)14-27-16-24(9-11-30-12-10-24)31-22-20(32(27)29)13-18(2)21(26-22)25-15-23(3,4)28/h5-8,13,28H,9-12,14-16H2,1-4H3,(H,25,26). The smallest absolute Gasteiger partial charge is 0.233 e. The van der Waals surface area contributed by atoms with Gasteiger partial charge in [0.1, 0.15) is 27.3 Å². The summed E-state index contributed by atoms with van der Waals surface area (Å²) in [5.41, 5.74) is 1.81. The fourth-order valence-electron chi connectivity index (χ4n) is 4.10. The summed E-state index contributed by atoms with van der Waals surface area (Å²) in [5.74, 6) is 1.04. The lowest BCUT2D eigenvalue weighted by molar-refractivity contribution is -0.0551. The third-order valence-electron chi connectivity index (χ3n) is 6.05. The van der Waals surface area contributed by atoms with Crippen molar-refractivity contribution < 1.29 is 18.8 Å². The van der Waals surface area contributed by atoms with Gasteiger partial charge in [-0.3, -0.25) is 0 Å². The number of rotatable bonds is 5. The molecular formula is C24H33N3O4S. The van der Waals surface area contributed by atoms with Crippen LogP contribution in [0.15, 0.2) is 35.2 Å². The maximum Gasteiger partial charge on any atom is 0.233 e. The number of pyridine rings is 1. The Morgan fingerprint density at radius 1 is 1.22 bits per heavy atom. The predicted molar refractivity (Wildman–Crippen MR) is 125 cm³/mol. The minimum absolute atomic E-state index is 0.348. The molecule has 1 spiro atoms. The Balaban J connectivity index is 1.72. The molecule has 7 nitrogen and oxygen atoms in total. The van der Waals surface area contributed by atoms with Crippen LogP contribution in [0, 0.1) is 13.8 Å². The highest BCUT2D eigenvalue weighted by atomic mass is 32.2. The van der Waals surface area contributed by atoms with Gasteiger partial charge in [-0.15, -0.1) is 0 Å². The molecule has 2 aromatic rings. The Hall–Kier alpha value is -2.00. The van der Waals surface area contributed by atoms with Gasteiger partial charge in [0.05, 0.1) is 25.4 Å². The molecule has 1 fully saturated rings. The quantitative estimate of drug-likeness (QED) is 0.714. The summed E-state index contributed by atoms with van der Waals surface area (Å²) < 4.78 is 28.0. The highest BCUT2D eigenvalue weighted by Gasteiger charge is 2.43. The van der Waals surface area contributed by atoms with Crippen molar-refractivity contribution in [2.75, 3.05) is 31.6 Å². The fraction of sp³-hybridized carbons (Fsp3) is 0.542. The van der Waals surface area contributed by atoms with Crippen LogP contribution in [0.5, 0.6) is 5.88 Å². The van der Waals surface area contributed by atoms with E-state index < -0.39 is 22.2 Å². The van der Waals surface area contributed by atoms with Crippen LogP contribution in [0.3, 0.4) is 0 Å². The van der Waals surface area contributed by atoms with Gasteiger partial charge in [0.25, 0.3) is 0 Å². The molecule has 0 radical (unpaired) electrons. The average molecular weight is 460 g/mol. The number of fused-ring (bicyclic) bond motifs is 1. The lowest BCUT2D eigenvalue weighted by Crippen LogP contribution is -2.49. The summed E-state index contributed by atoms with van der Waals surface area (Å²) in [4.78, 5) is 5.32. The summed E-state index contributed by atoms with van der Waals surface area (Å²) in [6.07, 6.45) is 1.44. The van der Waals surface area contributed by atoms with Crippen LogP contribution in [0.25, 0.3) is 0 Å². The molecule has 1 unspecified atom stereocenters.